The number of likely N-dealkylation sites (tertiary alicyclic amines) is 2. The molecule has 1 saturated carbocycles. The number of aryl methyl sites for hydroxylation is 1. The number of aromatic nitrogens is 2. The molecule has 140 valence electrons. The lowest BCUT2D eigenvalue weighted by Crippen LogP contribution is -2.42. The van der Waals surface area contributed by atoms with E-state index < -0.39 is 0 Å². The van der Waals surface area contributed by atoms with Crippen LogP contribution >= 0.6 is 24.0 Å². The van der Waals surface area contributed by atoms with Gasteiger partial charge in [0, 0.05) is 58.4 Å². The molecule has 25 heavy (non-hydrogen) atoms. The smallest absolute Gasteiger partial charge is 0.193 e. The summed E-state index contributed by atoms with van der Waals surface area (Å²) in [7, 11) is 3.90. The summed E-state index contributed by atoms with van der Waals surface area (Å²) < 4.78 is 1.90. The number of nitrogens with zero attached hydrogens (tertiary/aromatic N) is 5. The summed E-state index contributed by atoms with van der Waals surface area (Å²) in [6, 6.07) is 0.910. The molecule has 1 aliphatic carbocycles. The monoisotopic (exact) mass is 458 g/mol. The van der Waals surface area contributed by atoms with Gasteiger partial charge in [0.25, 0.3) is 0 Å². The average Bonchev–Trinajstić information content (AvgIpc) is 3.00. The van der Waals surface area contributed by atoms with Gasteiger partial charge < -0.3 is 15.1 Å². The topological polar surface area (TPSA) is 48.7 Å². The summed E-state index contributed by atoms with van der Waals surface area (Å²) >= 11 is 0. The first-order valence-corrected chi connectivity index (χ1v) is 9.41. The van der Waals surface area contributed by atoms with Crippen molar-refractivity contribution < 1.29 is 0 Å². The summed E-state index contributed by atoms with van der Waals surface area (Å²) in [6.45, 7) is 5.75. The third-order valence-electron chi connectivity index (χ3n) is 5.83. The lowest BCUT2D eigenvalue weighted by molar-refractivity contribution is 0.313. The molecule has 3 fully saturated rings. The molecule has 1 N–H and O–H groups in total. The molecule has 2 unspecified atom stereocenters. The Morgan fingerprint density at radius 1 is 1.24 bits per heavy atom. The van der Waals surface area contributed by atoms with Crippen molar-refractivity contribution in [1.29, 1.82) is 0 Å². The number of guanidine groups is 1. The summed E-state index contributed by atoms with van der Waals surface area (Å²) in [4.78, 5) is 9.62. The van der Waals surface area contributed by atoms with E-state index in [1.54, 1.807) is 0 Å². The van der Waals surface area contributed by atoms with E-state index >= 15 is 0 Å². The lowest BCUT2D eigenvalue weighted by Gasteiger charge is -2.23. The van der Waals surface area contributed by atoms with E-state index in [-0.39, 0.29) is 24.0 Å². The Morgan fingerprint density at radius 2 is 2.08 bits per heavy atom. The van der Waals surface area contributed by atoms with Gasteiger partial charge in [0.05, 0.1) is 6.20 Å². The number of rotatable bonds is 4. The fourth-order valence-corrected chi connectivity index (χ4v) is 4.24. The Balaban J connectivity index is 0.00000182. The van der Waals surface area contributed by atoms with E-state index in [0.717, 1.165) is 37.6 Å². The molecule has 2 saturated heterocycles. The molecule has 0 aromatic carbocycles. The normalized spacial score (nSPS) is 27.6. The fraction of sp³-hybridized carbons (Fsp3) is 0.778. The van der Waals surface area contributed by atoms with Crippen LogP contribution in [-0.4, -0.2) is 71.4 Å². The summed E-state index contributed by atoms with van der Waals surface area (Å²) in [5.74, 6) is 2.43. The molecular weight excluding hydrogens is 427 g/mol. The molecule has 1 aromatic rings. The van der Waals surface area contributed by atoms with Crippen LogP contribution < -0.4 is 5.32 Å². The molecule has 1 aromatic heterocycles. The van der Waals surface area contributed by atoms with Crippen molar-refractivity contribution in [2.45, 2.75) is 37.6 Å². The van der Waals surface area contributed by atoms with Gasteiger partial charge in [-0.2, -0.15) is 5.10 Å². The van der Waals surface area contributed by atoms with Gasteiger partial charge in [-0.3, -0.25) is 9.67 Å². The molecule has 0 radical (unpaired) electrons. The predicted molar refractivity (Wildman–Crippen MR) is 112 cm³/mol. The van der Waals surface area contributed by atoms with Gasteiger partial charge in [0.15, 0.2) is 5.96 Å². The van der Waals surface area contributed by atoms with E-state index in [2.05, 4.69) is 31.4 Å². The van der Waals surface area contributed by atoms with Gasteiger partial charge in [-0.15, -0.1) is 24.0 Å². The van der Waals surface area contributed by atoms with Crippen molar-refractivity contribution in [1.82, 2.24) is 24.9 Å². The Labute approximate surface area is 168 Å². The summed E-state index contributed by atoms with van der Waals surface area (Å²) in [6.07, 6.45) is 9.52. The molecule has 3 heterocycles. The molecule has 0 bridgehead atoms. The minimum Gasteiger partial charge on any atom is -0.356 e. The minimum absolute atomic E-state index is 0. The van der Waals surface area contributed by atoms with Crippen molar-refractivity contribution in [3.05, 3.63) is 18.0 Å². The molecule has 3 aliphatic rings. The molecule has 7 heteroatoms. The molecule has 0 spiro atoms. The maximum atomic E-state index is 4.53. The van der Waals surface area contributed by atoms with Crippen LogP contribution in [0.15, 0.2) is 17.4 Å². The van der Waals surface area contributed by atoms with Crippen molar-refractivity contribution >= 4 is 29.9 Å². The molecule has 0 amide bonds. The van der Waals surface area contributed by atoms with Crippen molar-refractivity contribution in [3.8, 4) is 0 Å². The van der Waals surface area contributed by atoms with Crippen LogP contribution in [0.5, 0.6) is 0 Å². The van der Waals surface area contributed by atoms with Crippen LogP contribution in [0.2, 0.25) is 0 Å². The second-order valence-electron chi connectivity index (χ2n) is 7.69. The number of aliphatic imine (C=N–C) groups is 1. The average molecular weight is 458 g/mol. The molecular formula is C18H31IN6. The zero-order valence-electron chi connectivity index (χ0n) is 15.4. The Hall–Kier alpha value is -0.830. The lowest BCUT2D eigenvalue weighted by atomic mass is 10.0. The van der Waals surface area contributed by atoms with E-state index in [9.17, 15) is 0 Å². The van der Waals surface area contributed by atoms with Gasteiger partial charge in [-0.1, -0.05) is 0 Å². The van der Waals surface area contributed by atoms with Crippen LogP contribution in [0.25, 0.3) is 0 Å². The van der Waals surface area contributed by atoms with Gasteiger partial charge in [-0.25, -0.2) is 0 Å². The van der Waals surface area contributed by atoms with E-state index in [1.165, 1.54) is 44.3 Å². The van der Waals surface area contributed by atoms with Crippen LogP contribution in [-0.2, 0) is 7.05 Å². The summed E-state index contributed by atoms with van der Waals surface area (Å²) in [5, 5.41) is 7.95. The highest BCUT2D eigenvalue weighted by molar-refractivity contribution is 14.0. The number of halogens is 1. The van der Waals surface area contributed by atoms with Crippen LogP contribution in [0.1, 0.15) is 37.2 Å². The van der Waals surface area contributed by atoms with Crippen LogP contribution in [0.4, 0.5) is 0 Å². The SMILES string of the molecule is CN=C(NCC1CCN(C2CC2)C1)N1CCC(c2cnn(C)c2)C1.I. The first-order chi connectivity index (χ1) is 11.7. The Kier molecular flexibility index (Phi) is 6.25. The van der Waals surface area contributed by atoms with Gasteiger partial charge >= 0.3 is 0 Å². The van der Waals surface area contributed by atoms with E-state index in [1.807, 2.05) is 25.0 Å². The number of hydrogen-bond acceptors (Lipinski definition) is 3. The van der Waals surface area contributed by atoms with Crippen LogP contribution in [0, 0.1) is 5.92 Å². The quantitative estimate of drug-likeness (QED) is 0.426. The number of hydrogen-bond donors (Lipinski definition) is 1. The fourth-order valence-electron chi connectivity index (χ4n) is 4.24. The molecule has 4 rings (SSSR count). The van der Waals surface area contributed by atoms with Crippen molar-refractivity contribution in [2.75, 3.05) is 39.8 Å². The maximum absolute atomic E-state index is 4.53. The zero-order chi connectivity index (χ0) is 16.5. The standard InChI is InChI=1S/C18H30N6.HI/c1-19-18(20-9-14-5-7-23(11-14)17-3-4-17)24-8-6-15(13-24)16-10-21-22(2)12-16;/h10,12,14-15,17H,3-9,11,13H2,1-2H3,(H,19,20);1H. The zero-order valence-corrected chi connectivity index (χ0v) is 17.7. The Bertz CT molecular complexity index is 596. The highest BCUT2D eigenvalue weighted by Crippen LogP contribution is 2.31. The first kappa shape index (κ1) is 18.9. The Morgan fingerprint density at radius 3 is 2.76 bits per heavy atom. The van der Waals surface area contributed by atoms with Gasteiger partial charge in [-0.05, 0) is 43.7 Å². The molecule has 2 aliphatic heterocycles. The van der Waals surface area contributed by atoms with Crippen LogP contribution in [0.3, 0.4) is 0 Å². The van der Waals surface area contributed by atoms with Gasteiger partial charge in [0.2, 0.25) is 0 Å². The van der Waals surface area contributed by atoms with Crippen molar-refractivity contribution in [3.63, 3.8) is 0 Å². The van der Waals surface area contributed by atoms with Gasteiger partial charge in [0.1, 0.15) is 0 Å². The predicted octanol–water partition coefficient (Wildman–Crippen LogP) is 1.89. The minimum atomic E-state index is 0. The largest absolute Gasteiger partial charge is 0.356 e. The maximum Gasteiger partial charge on any atom is 0.193 e. The number of nitrogens with one attached hydrogen (secondary N) is 1. The summed E-state index contributed by atoms with van der Waals surface area (Å²) in [5.41, 5.74) is 1.35. The second kappa shape index (κ2) is 8.24. The van der Waals surface area contributed by atoms with E-state index in [0.29, 0.717) is 5.92 Å². The van der Waals surface area contributed by atoms with Crippen molar-refractivity contribution in [2.24, 2.45) is 18.0 Å². The molecule has 6 nitrogen and oxygen atoms in total. The first-order valence-electron chi connectivity index (χ1n) is 9.41. The van der Waals surface area contributed by atoms with E-state index in [4.69, 9.17) is 0 Å². The highest BCUT2D eigenvalue weighted by Gasteiger charge is 2.34. The highest BCUT2D eigenvalue weighted by atomic mass is 127. The second-order valence-corrected chi connectivity index (χ2v) is 7.69. The third-order valence-corrected chi connectivity index (χ3v) is 5.83. The third kappa shape index (κ3) is 4.48. The molecule has 2 atom stereocenters.